The Morgan fingerprint density at radius 3 is 2.43 bits per heavy atom. The number of anilines is 2. The van der Waals surface area contributed by atoms with E-state index in [9.17, 15) is 18.0 Å². The van der Waals surface area contributed by atoms with E-state index in [4.69, 9.17) is 4.42 Å². The first-order chi connectivity index (χ1) is 16.7. The average Bonchev–Trinajstić information content (AvgIpc) is 3.21. The number of sulfonamides is 1. The zero-order valence-electron chi connectivity index (χ0n) is 19.5. The lowest BCUT2D eigenvalue weighted by Crippen LogP contribution is -2.23. The minimum absolute atomic E-state index is 0.0281. The summed E-state index contributed by atoms with van der Waals surface area (Å²) in [6, 6.07) is 20.4. The van der Waals surface area contributed by atoms with Crippen molar-refractivity contribution in [1.29, 1.82) is 0 Å². The fraction of sp³-hybridized carbons (Fsp3) is 0.154. The summed E-state index contributed by atoms with van der Waals surface area (Å²) in [5.41, 5.74) is 2.73. The number of nitrogens with zero attached hydrogens (tertiary/aromatic N) is 1. The molecule has 0 atom stereocenters. The lowest BCUT2D eigenvalue weighted by atomic mass is 10.1. The van der Waals surface area contributed by atoms with Crippen molar-refractivity contribution in [2.24, 2.45) is 0 Å². The lowest BCUT2D eigenvalue weighted by Gasteiger charge is -2.12. The number of aryl methyl sites for hydroxylation is 1. The summed E-state index contributed by atoms with van der Waals surface area (Å²) in [4.78, 5) is 26.0. The van der Waals surface area contributed by atoms with E-state index >= 15 is 0 Å². The van der Waals surface area contributed by atoms with Crippen molar-refractivity contribution >= 4 is 44.1 Å². The van der Waals surface area contributed by atoms with Crippen LogP contribution in [0, 0.1) is 6.92 Å². The third-order valence-corrected chi connectivity index (χ3v) is 7.25. The Morgan fingerprint density at radius 2 is 1.69 bits per heavy atom. The Balaban J connectivity index is 1.60. The molecule has 4 aromatic rings. The fourth-order valence-electron chi connectivity index (χ4n) is 3.60. The summed E-state index contributed by atoms with van der Waals surface area (Å²) in [7, 11) is -0.819. The van der Waals surface area contributed by atoms with Gasteiger partial charge < -0.3 is 15.1 Å². The number of hydrogen-bond donors (Lipinski definition) is 2. The largest absolute Gasteiger partial charge is 0.449 e. The summed E-state index contributed by atoms with van der Waals surface area (Å²) in [6.07, 6.45) is 0. The molecule has 1 amide bonds. The van der Waals surface area contributed by atoms with E-state index in [1.54, 1.807) is 30.3 Å². The Labute approximate surface area is 203 Å². The maximum absolute atomic E-state index is 13.0. The van der Waals surface area contributed by atoms with E-state index in [0.717, 1.165) is 9.87 Å². The first-order valence-electron chi connectivity index (χ1n) is 10.9. The highest BCUT2D eigenvalue weighted by molar-refractivity contribution is 7.89. The third-order valence-electron chi connectivity index (χ3n) is 5.44. The molecule has 0 spiro atoms. The van der Waals surface area contributed by atoms with Gasteiger partial charge in [-0.05, 0) is 48.9 Å². The van der Waals surface area contributed by atoms with Crippen LogP contribution in [-0.4, -0.2) is 45.1 Å². The molecule has 0 fully saturated rings. The van der Waals surface area contributed by atoms with Crippen molar-refractivity contribution in [1.82, 2.24) is 4.31 Å². The zero-order chi connectivity index (χ0) is 25.2. The van der Waals surface area contributed by atoms with Gasteiger partial charge in [0, 0.05) is 30.7 Å². The molecule has 0 aliphatic heterocycles. The Kier molecular flexibility index (Phi) is 6.72. The van der Waals surface area contributed by atoms with Gasteiger partial charge in [0.2, 0.25) is 15.8 Å². The van der Waals surface area contributed by atoms with Crippen LogP contribution in [0.1, 0.15) is 26.5 Å². The highest BCUT2D eigenvalue weighted by Gasteiger charge is 2.22. The number of rotatable bonds is 8. The predicted octanol–water partition coefficient (Wildman–Crippen LogP) is 4.54. The molecule has 4 rings (SSSR count). The number of nitrogens with one attached hydrogen (secondary N) is 2. The Bertz CT molecular complexity index is 1520. The van der Waals surface area contributed by atoms with E-state index in [1.807, 2.05) is 31.2 Å². The van der Waals surface area contributed by atoms with E-state index in [1.165, 1.54) is 32.3 Å². The van der Waals surface area contributed by atoms with Gasteiger partial charge in [0.25, 0.3) is 5.91 Å². The minimum Gasteiger partial charge on any atom is -0.449 e. The van der Waals surface area contributed by atoms with Crippen molar-refractivity contribution in [2.45, 2.75) is 11.8 Å². The summed E-state index contributed by atoms with van der Waals surface area (Å²) < 4.78 is 31.8. The lowest BCUT2D eigenvalue weighted by molar-refractivity contribution is 0.0990. The van der Waals surface area contributed by atoms with Crippen LogP contribution < -0.4 is 10.6 Å². The van der Waals surface area contributed by atoms with Gasteiger partial charge in [0.05, 0.1) is 17.1 Å². The molecule has 9 heteroatoms. The number of Topliss-reactive ketones (excluding diaryl/α,β-unsaturated/α-hetero) is 1. The van der Waals surface area contributed by atoms with Gasteiger partial charge in [0.15, 0.2) is 5.78 Å². The molecule has 180 valence electrons. The molecule has 1 heterocycles. The second-order valence-corrected chi connectivity index (χ2v) is 10.4. The predicted molar refractivity (Wildman–Crippen MR) is 135 cm³/mol. The molecule has 3 aromatic carbocycles. The van der Waals surface area contributed by atoms with Crippen LogP contribution in [0.15, 0.2) is 82.1 Å². The molecule has 0 bridgehead atoms. The minimum atomic E-state index is -3.68. The van der Waals surface area contributed by atoms with Gasteiger partial charge in [-0.3, -0.25) is 9.59 Å². The van der Waals surface area contributed by atoms with Gasteiger partial charge in [-0.15, -0.1) is 0 Å². The molecule has 1 aromatic heterocycles. The van der Waals surface area contributed by atoms with Crippen LogP contribution in [-0.2, 0) is 10.0 Å². The molecule has 0 radical (unpaired) electrons. The van der Waals surface area contributed by atoms with E-state index in [2.05, 4.69) is 10.6 Å². The molecule has 0 saturated heterocycles. The number of para-hydroxylation sites is 1. The molecule has 0 saturated carbocycles. The van der Waals surface area contributed by atoms with Gasteiger partial charge in [-0.1, -0.05) is 36.4 Å². The average molecular weight is 492 g/mol. The molecule has 35 heavy (non-hydrogen) atoms. The van der Waals surface area contributed by atoms with Crippen LogP contribution >= 0.6 is 0 Å². The first kappa shape index (κ1) is 24.2. The van der Waals surface area contributed by atoms with Crippen molar-refractivity contribution in [3.05, 3.63) is 89.7 Å². The molecule has 0 aliphatic carbocycles. The van der Waals surface area contributed by atoms with Crippen LogP contribution in [0.3, 0.4) is 0 Å². The van der Waals surface area contributed by atoms with E-state index < -0.39 is 15.9 Å². The van der Waals surface area contributed by atoms with Crippen LogP contribution in [0.25, 0.3) is 11.0 Å². The second kappa shape index (κ2) is 9.73. The monoisotopic (exact) mass is 491 g/mol. The summed E-state index contributed by atoms with van der Waals surface area (Å²) in [6.45, 7) is 1.76. The third kappa shape index (κ3) is 5.11. The van der Waals surface area contributed by atoms with Gasteiger partial charge >= 0.3 is 0 Å². The zero-order valence-corrected chi connectivity index (χ0v) is 20.3. The number of carbonyl (C=O) groups is 2. The topological polar surface area (TPSA) is 109 Å². The SMILES string of the molecule is Cc1cccc(NC(=O)c2oc3ccccc3c2NCC(=O)c2cccc(S(=O)(=O)N(C)C)c2)c1. The van der Waals surface area contributed by atoms with Crippen LogP contribution in [0.2, 0.25) is 0 Å². The number of fused-ring (bicyclic) bond motifs is 1. The number of ketones is 1. The fourth-order valence-corrected chi connectivity index (χ4v) is 4.55. The van der Waals surface area contributed by atoms with Gasteiger partial charge in [-0.2, -0.15) is 0 Å². The maximum Gasteiger partial charge on any atom is 0.293 e. The Hall–Kier alpha value is -3.95. The van der Waals surface area contributed by atoms with Gasteiger partial charge in [0.1, 0.15) is 5.58 Å². The summed E-state index contributed by atoms with van der Waals surface area (Å²) >= 11 is 0. The number of furan rings is 1. The highest BCUT2D eigenvalue weighted by Crippen LogP contribution is 2.31. The second-order valence-electron chi connectivity index (χ2n) is 8.22. The van der Waals surface area contributed by atoms with Crippen molar-refractivity contribution in [2.75, 3.05) is 31.3 Å². The van der Waals surface area contributed by atoms with Crippen molar-refractivity contribution in [3.63, 3.8) is 0 Å². The standard InChI is InChI=1S/C26H25N3O5S/c1-17-8-6-10-19(14-17)28-26(31)25-24(21-12-4-5-13-23(21)34-25)27-16-22(30)18-9-7-11-20(15-18)35(32,33)29(2)3/h4-15,27H,16H2,1-3H3,(H,28,31). The molecular weight excluding hydrogens is 466 g/mol. The summed E-state index contributed by atoms with van der Waals surface area (Å²) in [5.74, 6) is -0.749. The quantitative estimate of drug-likeness (QED) is 0.350. The normalized spacial score (nSPS) is 11.5. The smallest absolute Gasteiger partial charge is 0.293 e. The van der Waals surface area contributed by atoms with E-state index in [-0.39, 0.29) is 28.5 Å². The first-order valence-corrected chi connectivity index (χ1v) is 12.3. The van der Waals surface area contributed by atoms with Crippen LogP contribution in [0.5, 0.6) is 0 Å². The maximum atomic E-state index is 13.0. The molecule has 8 nitrogen and oxygen atoms in total. The number of hydrogen-bond acceptors (Lipinski definition) is 6. The van der Waals surface area contributed by atoms with E-state index in [0.29, 0.717) is 22.3 Å². The van der Waals surface area contributed by atoms with Crippen molar-refractivity contribution < 1.29 is 22.4 Å². The molecule has 0 unspecified atom stereocenters. The molecular formula is C26H25N3O5S. The molecule has 2 N–H and O–H groups in total. The summed E-state index contributed by atoms with van der Waals surface area (Å²) in [5, 5.41) is 6.51. The van der Waals surface area contributed by atoms with Crippen molar-refractivity contribution in [3.8, 4) is 0 Å². The number of amides is 1. The highest BCUT2D eigenvalue weighted by atomic mass is 32.2. The van der Waals surface area contributed by atoms with Crippen LogP contribution in [0.4, 0.5) is 11.4 Å². The number of carbonyl (C=O) groups excluding carboxylic acids is 2. The Morgan fingerprint density at radius 1 is 0.943 bits per heavy atom. The van der Waals surface area contributed by atoms with Gasteiger partial charge in [-0.25, -0.2) is 12.7 Å². The number of benzene rings is 3. The molecule has 0 aliphatic rings.